The van der Waals surface area contributed by atoms with Gasteiger partial charge in [0.15, 0.2) is 0 Å². The van der Waals surface area contributed by atoms with Crippen molar-refractivity contribution in [3.63, 3.8) is 0 Å². The van der Waals surface area contributed by atoms with Gasteiger partial charge in [-0.15, -0.1) is 0 Å². The largest absolute Gasteiger partial charge is 0.508 e. The van der Waals surface area contributed by atoms with Gasteiger partial charge in [0.05, 0.1) is 6.04 Å². The number of nitrogens with one attached hydrogen (secondary N) is 1. The van der Waals surface area contributed by atoms with Crippen LogP contribution < -0.4 is 5.32 Å². The Morgan fingerprint density at radius 1 is 1.11 bits per heavy atom. The number of halogens is 2. The van der Waals surface area contributed by atoms with Crippen molar-refractivity contribution in [3.05, 3.63) is 59.2 Å². The van der Waals surface area contributed by atoms with E-state index in [0.717, 1.165) is 17.3 Å². The van der Waals surface area contributed by atoms with Gasteiger partial charge in [-0.1, -0.05) is 6.07 Å². The van der Waals surface area contributed by atoms with E-state index < -0.39 is 5.82 Å². The fourth-order valence-corrected chi connectivity index (χ4v) is 1.97. The van der Waals surface area contributed by atoms with Gasteiger partial charge in [0.25, 0.3) is 0 Å². The van der Waals surface area contributed by atoms with Gasteiger partial charge < -0.3 is 10.4 Å². The summed E-state index contributed by atoms with van der Waals surface area (Å²) >= 11 is 0. The smallest absolute Gasteiger partial charge is 0.132 e. The van der Waals surface area contributed by atoms with Crippen molar-refractivity contribution in [1.29, 1.82) is 0 Å². The molecule has 2 nitrogen and oxygen atoms in total. The summed E-state index contributed by atoms with van der Waals surface area (Å²) in [5, 5.41) is 12.3. The van der Waals surface area contributed by atoms with Crippen LogP contribution in [0.15, 0.2) is 36.4 Å². The molecule has 1 unspecified atom stereocenters. The SMILES string of the molecule is Cc1cc(F)ccc1NC(C)c1ccc(O)cc1F. The number of hydrogen-bond donors (Lipinski definition) is 2. The molecular weight excluding hydrogens is 248 g/mol. The molecule has 0 radical (unpaired) electrons. The average Bonchev–Trinajstić information content (AvgIpc) is 2.32. The van der Waals surface area contributed by atoms with Gasteiger partial charge in [0.1, 0.15) is 17.4 Å². The van der Waals surface area contributed by atoms with E-state index in [9.17, 15) is 13.9 Å². The van der Waals surface area contributed by atoms with Crippen LogP contribution in [0.4, 0.5) is 14.5 Å². The molecule has 0 amide bonds. The first kappa shape index (κ1) is 13.3. The van der Waals surface area contributed by atoms with Gasteiger partial charge in [-0.2, -0.15) is 0 Å². The van der Waals surface area contributed by atoms with Crippen LogP contribution in [0.1, 0.15) is 24.1 Å². The molecule has 0 aliphatic rings. The number of aryl methyl sites for hydroxylation is 1. The van der Waals surface area contributed by atoms with Gasteiger partial charge in [-0.3, -0.25) is 0 Å². The highest BCUT2D eigenvalue weighted by atomic mass is 19.1. The van der Waals surface area contributed by atoms with Crippen molar-refractivity contribution in [3.8, 4) is 5.75 Å². The van der Waals surface area contributed by atoms with E-state index in [1.165, 1.54) is 24.3 Å². The van der Waals surface area contributed by atoms with E-state index in [-0.39, 0.29) is 17.6 Å². The monoisotopic (exact) mass is 263 g/mol. The van der Waals surface area contributed by atoms with Gasteiger partial charge in [-0.25, -0.2) is 8.78 Å². The Morgan fingerprint density at radius 3 is 2.47 bits per heavy atom. The maximum atomic E-state index is 13.7. The molecule has 0 heterocycles. The maximum Gasteiger partial charge on any atom is 0.132 e. The zero-order valence-corrected chi connectivity index (χ0v) is 10.7. The zero-order chi connectivity index (χ0) is 14.0. The molecule has 0 saturated heterocycles. The summed E-state index contributed by atoms with van der Waals surface area (Å²) in [6.07, 6.45) is 0. The fourth-order valence-electron chi connectivity index (χ4n) is 1.97. The summed E-state index contributed by atoms with van der Waals surface area (Å²) in [5.41, 5.74) is 1.95. The quantitative estimate of drug-likeness (QED) is 0.871. The van der Waals surface area contributed by atoms with Crippen molar-refractivity contribution < 1.29 is 13.9 Å². The molecule has 4 heteroatoms. The zero-order valence-electron chi connectivity index (χ0n) is 10.7. The second kappa shape index (κ2) is 5.26. The van der Waals surface area contributed by atoms with Crippen molar-refractivity contribution in [1.82, 2.24) is 0 Å². The lowest BCUT2D eigenvalue weighted by atomic mass is 10.1. The van der Waals surface area contributed by atoms with E-state index in [0.29, 0.717) is 5.56 Å². The average molecular weight is 263 g/mol. The summed E-state index contributed by atoms with van der Waals surface area (Å²) < 4.78 is 26.7. The van der Waals surface area contributed by atoms with Crippen molar-refractivity contribution >= 4 is 5.69 Å². The minimum absolute atomic E-state index is 0.105. The van der Waals surface area contributed by atoms with Crippen LogP contribution in [0, 0.1) is 18.6 Å². The summed E-state index contributed by atoms with van der Waals surface area (Å²) in [5.74, 6) is -0.877. The second-order valence-corrected chi connectivity index (χ2v) is 4.53. The Morgan fingerprint density at radius 2 is 1.84 bits per heavy atom. The van der Waals surface area contributed by atoms with Crippen LogP contribution in [-0.4, -0.2) is 5.11 Å². The molecule has 19 heavy (non-hydrogen) atoms. The van der Waals surface area contributed by atoms with E-state index in [1.54, 1.807) is 19.9 Å². The fraction of sp³-hybridized carbons (Fsp3) is 0.200. The first-order chi connectivity index (χ1) is 8.97. The molecule has 0 fully saturated rings. The molecule has 0 aliphatic carbocycles. The Balaban J connectivity index is 2.23. The van der Waals surface area contributed by atoms with E-state index >= 15 is 0 Å². The molecule has 2 rings (SSSR count). The van der Waals surface area contributed by atoms with Gasteiger partial charge in [0.2, 0.25) is 0 Å². The molecule has 2 aromatic carbocycles. The van der Waals surface area contributed by atoms with Crippen molar-refractivity contribution in [2.75, 3.05) is 5.32 Å². The van der Waals surface area contributed by atoms with Crippen LogP contribution in [-0.2, 0) is 0 Å². The normalized spacial score (nSPS) is 12.2. The highest BCUT2D eigenvalue weighted by Crippen LogP contribution is 2.26. The number of benzene rings is 2. The molecular formula is C15H15F2NO. The summed E-state index contributed by atoms with van der Waals surface area (Å²) in [4.78, 5) is 0. The lowest BCUT2D eigenvalue weighted by Gasteiger charge is -2.18. The summed E-state index contributed by atoms with van der Waals surface area (Å²) in [6, 6.07) is 8.15. The number of aromatic hydroxyl groups is 1. The predicted molar refractivity (Wildman–Crippen MR) is 71.2 cm³/mol. The topological polar surface area (TPSA) is 32.3 Å². The third-order valence-corrected chi connectivity index (χ3v) is 3.01. The lowest BCUT2D eigenvalue weighted by Crippen LogP contribution is -2.09. The summed E-state index contributed by atoms with van der Waals surface area (Å²) in [7, 11) is 0. The number of phenolic OH excluding ortho intramolecular Hbond substituents is 1. The van der Waals surface area contributed by atoms with Crippen LogP contribution in [0.5, 0.6) is 5.75 Å². The molecule has 0 saturated carbocycles. The van der Waals surface area contributed by atoms with Crippen molar-refractivity contribution in [2.45, 2.75) is 19.9 Å². The Kier molecular flexibility index (Phi) is 3.69. The van der Waals surface area contributed by atoms with Gasteiger partial charge >= 0.3 is 0 Å². The molecule has 2 aromatic rings. The molecule has 0 bridgehead atoms. The van der Waals surface area contributed by atoms with Crippen LogP contribution in [0.2, 0.25) is 0 Å². The first-order valence-electron chi connectivity index (χ1n) is 5.98. The molecule has 100 valence electrons. The van der Waals surface area contributed by atoms with Crippen LogP contribution in [0.3, 0.4) is 0 Å². The number of phenols is 1. The van der Waals surface area contributed by atoms with Crippen LogP contribution in [0.25, 0.3) is 0 Å². The maximum absolute atomic E-state index is 13.7. The highest BCUT2D eigenvalue weighted by Gasteiger charge is 2.12. The third-order valence-electron chi connectivity index (χ3n) is 3.01. The van der Waals surface area contributed by atoms with Gasteiger partial charge in [0, 0.05) is 17.3 Å². The Labute approximate surface area is 110 Å². The second-order valence-electron chi connectivity index (χ2n) is 4.53. The third kappa shape index (κ3) is 3.02. The van der Waals surface area contributed by atoms with Crippen molar-refractivity contribution in [2.24, 2.45) is 0 Å². The van der Waals surface area contributed by atoms with Gasteiger partial charge in [-0.05, 0) is 43.7 Å². The first-order valence-corrected chi connectivity index (χ1v) is 5.98. The highest BCUT2D eigenvalue weighted by molar-refractivity contribution is 5.52. The lowest BCUT2D eigenvalue weighted by molar-refractivity contribution is 0.467. The number of rotatable bonds is 3. The minimum Gasteiger partial charge on any atom is -0.508 e. The molecule has 0 aliphatic heterocycles. The molecule has 0 spiro atoms. The Hall–Kier alpha value is -2.10. The summed E-state index contributed by atoms with van der Waals surface area (Å²) in [6.45, 7) is 3.59. The van der Waals surface area contributed by atoms with E-state index in [1.807, 2.05) is 0 Å². The molecule has 2 N–H and O–H groups in total. The standard InChI is InChI=1S/C15H15F2NO/c1-9-7-11(16)3-6-15(9)18-10(2)13-5-4-12(19)8-14(13)17/h3-8,10,18-19H,1-2H3. The number of hydrogen-bond acceptors (Lipinski definition) is 2. The molecule has 1 atom stereocenters. The Bertz CT molecular complexity index is 599. The van der Waals surface area contributed by atoms with E-state index in [4.69, 9.17) is 0 Å². The molecule has 0 aromatic heterocycles. The van der Waals surface area contributed by atoms with Crippen LogP contribution >= 0.6 is 0 Å². The number of anilines is 1. The predicted octanol–water partition coefficient (Wildman–Crippen LogP) is 4.15. The minimum atomic E-state index is -0.472. The van der Waals surface area contributed by atoms with E-state index in [2.05, 4.69) is 5.32 Å².